The summed E-state index contributed by atoms with van der Waals surface area (Å²) >= 11 is 0.969. The van der Waals surface area contributed by atoms with Crippen LogP contribution < -0.4 is 10.2 Å². The minimum Gasteiger partial charge on any atom is -0.378 e. The fourth-order valence-corrected chi connectivity index (χ4v) is 3.34. The van der Waals surface area contributed by atoms with Gasteiger partial charge in [0.15, 0.2) is 0 Å². The van der Waals surface area contributed by atoms with Crippen LogP contribution in [-0.4, -0.2) is 38.0 Å². The van der Waals surface area contributed by atoms with Gasteiger partial charge in [-0.25, -0.2) is 8.78 Å². The lowest BCUT2D eigenvalue weighted by atomic mass is 10.2. The van der Waals surface area contributed by atoms with E-state index in [9.17, 15) is 13.6 Å². The maximum Gasteiger partial charge on any atom is 0.234 e. The second-order valence-corrected chi connectivity index (χ2v) is 6.55. The van der Waals surface area contributed by atoms with E-state index in [0.717, 1.165) is 48.7 Å². The number of benzene rings is 2. The van der Waals surface area contributed by atoms with E-state index < -0.39 is 11.6 Å². The number of hydrogen-bond acceptors (Lipinski definition) is 4. The van der Waals surface area contributed by atoms with Crippen molar-refractivity contribution in [1.29, 1.82) is 0 Å². The number of halogens is 2. The fourth-order valence-electron chi connectivity index (χ4n) is 2.58. The van der Waals surface area contributed by atoms with Crippen molar-refractivity contribution < 1.29 is 18.3 Å². The molecule has 25 heavy (non-hydrogen) atoms. The summed E-state index contributed by atoms with van der Waals surface area (Å²) in [6.45, 7) is 2.82. The topological polar surface area (TPSA) is 41.6 Å². The highest BCUT2D eigenvalue weighted by molar-refractivity contribution is 8.00. The van der Waals surface area contributed by atoms with Crippen molar-refractivity contribution >= 4 is 29.0 Å². The summed E-state index contributed by atoms with van der Waals surface area (Å²) in [4.78, 5) is 14.5. The predicted octanol–water partition coefficient (Wildman–Crippen LogP) is 3.53. The van der Waals surface area contributed by atoms with E-state index in [1.807, 2.05) is 24.3 Å². The lowest BCUT2D eigenvalue weighted by Gasteiger charge is -2.30. The van der Waals surface area contributed by atoms with Crippen LogP contribution >= 0.6 is 11.8 Å². The monoisotopic (exact) mass is 364 g/mol. The van der Waals surface area contributed by atoms with Crippen molar-refractivity contribution in [2.24, 2.45) is 0 Å². The van der Waals surface area contributed by atoms with E-state index in [4.69, 9.17) is 4.74 Å². The van der Waals surface area contributed by atoms with E-state index in [-0.39, 0.29) is 16.6 Å². The van der Waals surface area contributed by atoms with Gasteiger partial charge in [0, 0.05) is 18.0 Å². The van der Waals surface area contributed by atoms with Crippen LogP contribution in [0.1, 0.15) is 0 Å². The summed E-state index contributed by atoms with van der Waals surface area (Å²) < 4.78 is 32.1. The molecule has 2 aromatic rings. The first-order valence-corrected chi connectivity index (χ1v) is 8.91. The van der Waals surface area contributed by atoms with Crippen LogP contribution in [0.25, 0.3) is 0 Å². The maximum atomic E-state index is 13.6. The van der Waals surface area contributed by atoms with Gasteiger partial charge in [-0.15, -0.1) is 11.8 Å². The van der Waals surface area contributed by atoms with Gasteiger partial charge >= 0.3 is 0 Å². The molecule has 1 N–H and O–H groups in total. The molecular weight excluding hydrogens is 346 g/mol. The molecule has 0 radical (unpaired) electrons. The molecule has 0 saturated carbocycles. The van der Waals surface area contributed by atoms with E-state index in [1.165, 1.54) is 0 Å². The molecule has 0 atom stereocenters. The van der Waals surface area contributed by atoms with E-state index in [0.29, 0.717) is 18.9 Å². The minimum atomic E-state index is -0.534. The highest BCUT2D eigenvalue weighted by atomic mass is 32.2. The van der Waals surface area contributed by atoms with Crippen LogP contribution in [0.15, 0.2) is 47.4 Å². The lowest BCUT2D eigenvalue weighted by Crippen LogP contribution is -2.36. The van der Waals surface area contributed by atoms with Gasteiger partial charge < -0.3 is 15.0 Å². The average Bonchev–Trinajstić information content (AvgIpc) is 2.64. The molecule has 0 spiro atoms. The molecule has 1 aliphatic heterocycles. The number of rotatable bonds is 5. The largest absolute Gasteiger partial charge is 0.378 e. The first-order chi connectivity index (χ1) is 12.1. The predicted molar refractivity (Wildman–Crippen MR) is 95.2 cm³/mol. The number of carbonyl (C=O) groups is 1. The molecule has 4 nitrogen and oxygen atoms in total. The standard InChI is InChI=1S/C18H18F2N2O2S/c19-13-5-6-14(20)17(11-13)25-12-18(23)21-15-3-1-2-4-16(15)22-7-9-24-10-8-22/h1-6,11H,7-10,12H2,(H,21,23). The molecule has 3 rings (SSSR count). The fraction of sp³-hybridized carbons (Fsp3) is 0.278. The van der Waals surface area contributed by atoms with E-state index in [1.54, 1.807) is 0 Å². The van der Waals surface area contributed by atoms with Crippen molar-refractivity contribution in [2.75, 3.05) is 42.3 Å². The zero-order chi connectivity index (χ0) is 17.6. The molecule has 7 heteroatoms. The number of hydrogen-bond donors (Lipinski definition) is 1. The van der Waals surface area contributed by atoms with E-state index >= 15 is 0 Å². The Balaban J connectivity index is 1.64. The van der Waals surface area contributed by atoms with E-state index in [2.05, 4.69) is 10.2 Å². The maximum absolute atomic E-state index is 13.6. The van der Waals surface area contributed by atoms with Crippen LogP contribution in [-0.2, 0) is 9.53 Å². The number of carbonyl (C=O) groups excluding carboxylic acids is 1. The third-order valence-corrected chi connectivity index (χ3v) is 4.81. The summed E-state index contributed by atoms with van der Waals surface area (Å²) in [5.74, 6) is -1.33. The van der Waals surface area contributed by atoms with Crippen LogP contribution in [0.5, 0.6) is 0 Å². The van der Waals surface area contributed by atoms with Crippen molar-refractivity contribution in [3.8, 4) is 0 Å². The Kier molecular flexibility index (Phi) is 5.88. The molecule has 1 fully saturated rings. The summed E-state index contributed by atoms with van der Waals surface area (Å²) in [6.07, 6.45) is 0. The molecule has 1 aliphatic rings. The molecule has 2 aromatic carbocycles. The van der Waals surface area contributed by atoms with Crippen molar-refractivity contribution in [3.63, 3.8) is 0 Å². The average molecular weight is 364 g/mol. The number of ether oxygens (including phenoxy) is 1. The molecule has 132 valence electrons. The zero-order valence-corrected chi connectivity index (χ0v) is 14.3. The third-order valence-electron chi connectivity index (χ3n) is 3.78. The van der Waals surface area contributed by atoms with Crippen LogP contribution in [0.2, 0.25) is 0 Å². The number of para-hydroxylation sites is 2. The number of morpholine rings is 1. The van der Waals surface area contributed by atoms with Gasteiger partial charge in [0.05, 0.1) is 30.3 Å². The molecule has 0 aromatic heterocycles. The van der Waals surface area contributed by atoms with Gasteiger partial charge in [-0.05, 0) is 30.3 Å². The van der Waals surface area contributed by atoms with Crippen molar-refractivity contribution in [3.05, 3.63) is 54.1 Å². The smallest absolute Gasteiger partial charge is 0.234 e. The Morgan fingerprint density at radius 3 is 2.72 bits per heavy atom. The zero-order valence-electron chi connectivity index (χ0n) is 13.5. The highest BCUT2D eigenvalue weighted by Crippen LogP contribution is 2.27. The SMILES string of the molecule is O=C(CSc1cc(F)ccc1F)Nc1ccccc1N1CCOCC1. The molecule has 1 saturated heterocycles. The lowest BCUT2D eigenvalue weighted by molar-refractivity contribution is -0.113. The van der Waals surface area contributed by atoms with Gasteiger partial charge in [0.2, 0.25) is 5.91 Å². The third kappa shape index (κ3) is 4.70. The number of thioether (sulfide) groups is 1. The van der Waals surface area contributed by atoms with Crippen LogP contribution in [0.3, 0.4) is 0 Å². The second kappa shape index (κ2) is 8.31. The Hall–Kier alpha value is -2.12. The number of amides is 1. The minimum absolute atomic E-state index is 0.00216. The molecule has 1 heterocycles. The van der Waals surface area contributed by atoms with Crippen molar-refractivity contribution in [1.82, 2.24) is 0 Å². The van der Waals surface area contributed by atoms with Gasteiger partial charge in [0.25, 0.3) is 0 Å². The Bertz CT molecular complexity index is 752. The molecule has 0 aliphatic carbocycles. The van der Waals surface area contributed by atoms with Gasteiger partial charge in [-0.1, -0.05) is 12.1 Å². The Labute approximate surface area is 149 Å². The Morgan fingerprint density at radius 2 is 1.92 bits per heavy atom. The van der Waals surface area contributed by atoms with Gasteiger partial charge in [0.1, 0.15) is 11.6 Å². The van der Waals surface area contributed by atoms with Gasteiger partial charge in [-0.2, -0.15) is 0 Å². The van der Waals surface area contributed by atoms with Crippen molar-refractivity contribution in [2.45, 2.75) is 4.90 Å². The first-order valence-electron chi connectivity index (χ1n) is 7.93. The second-order valence-electron chi connectivity index (χ2n) is 5.53. The van der Waals surface area contributed by atoms with Crippen LogP contribution in [0.4, 0.5) is 20.2 Å². The number of nitrogens with one attached hydrogen (secondary N) is 1. The molecule has 1 amide bonds. The Morgan fingerprint density at radius 1 is 1.16 bits per heavy atom. The summed E-state index contributed by atoms with van der Waals surface area (Å²) in [5, 5.41) is 2.85. The first kappa shape index (κ1) is 17.7. The summed E-state index contributed by atoms with van der Waals surface area (Å²) in [5.41, 5.74) is 1.64. The van der Waals surface area contributed by atoms with Crippen LogP contribution in [0, 0.1) is 11.6 Å². The molecular formula is C18H18F2N2O2S. The molecule has 0 bridgehead atoms. The van der Waals surface area contributed by atoms with Gasteiger partial charge in [-0.3, -0.25) is 4.79 Å². The number of nitrogens with zero attached hydrogens (tertiary/aromatic N) is 1. The number of anilines is 2. The molecule has 0 unspecified atom stereocenters. The normalized spacial score (nSPS) is 14.4. The quantitative estimate of drug-likeness (QED) is 0.824. The summed E-state index contributed by atoms with van der Waals surface area (Å²) in [7, 11) is 0. The summed E-state index contributed by atoms with van der Waals surface area (Å²) in [6, 6.07) is 10.7. The highest BCUT2D eigenvalue weighted by Gasteiger charge is 2.16.